The van der Waals surface area contributed by atoms with E-state index in [2.05, 4.69) is 72.2 Å². The fourth-order valence-corrected chi connectivity index (χ4v) is 2.90. The van der Waals surface area contributed by atoms with E-state index >= 15 is 0 Å². The Kier molecular flexibility index (Phi) is 3.85. The van der Waals surface area contributed by atoms with Gasteiger partial charge in [0.2, 0.25) is 0 Å². The first-order valence-corrected chi connectivity index (χ1v) is 7.29. The standard InChI is InChI=1S/C14H21IN2/c1-14(2,3)7-10-8-16-12-5-4-11(15)6-13(12)17-9-10/h4-6,10,16-17H,7-9H2,1-3H3. The highest BCUT2D eigenvalue weighted by molar-refractivity contribution is 14.1. The van der Waals surface area contributed by atoms with Crippen LogP contribution < -0.4 is 10.6 Å². The molecule has 0 spiro atoms. The molecule has 0 aliphatic carbocycles. The molecule has 0 amide bonds. The van der Waals surface area contributed by atoms with Gasteiger partial charge < -0.3 is 10.6 Å². The third kappa shape index (κ3) is 3.76. The minimum atomic E-state index is 0.402. The lowest BCUT2D eigenvalue weighted by atomic mass is 9.84. The molecule has 0 radical (unpaired) electrons. The number of anilines is 2. The predicted octanol–water partition coefficient (Wildman–Crippen LogP) is 4.18. The quantitative estimate of drug-likeness (QED) is 0.747. The van der Waals surface area contributed by atoms with Crippen molar-refractivity contribution >= 4 is 34.0 Å². The predicted molar refractivity (Wildman–Crippen MR) is 83.7 cm³/mol. The van der Waals surface area contributed by atoms with Crippen molar-refractivity contribution in [2.75, 3.05) is 23.7 Å². The fourth-order valence-electron chi connectivity index (χ4n) is 2.41. The van der Waals surface area contributed by atoms with Crippen molar-refractivity contribution in [2.45, 2.75) is 27.2 Å². The Labute approximate surface area is 118 Å². The topological polar surface area (TPSA) is 24.1 Å². The van der Waals surface area contributed by atoms with E-state index in [1.165, 1.54) is 21.4 Å². The molecule has 2 rings (SSSR count). The SMILES string of the molecule is CC(C)(C)CC1CNc2ccc(I)cc2NC1. The number of rotatable bonds is 1. The zero-order valence-electron chi connectivity index (χ0n) is 10.8. The summed E-state index contributed by atoms with van der Waals surface area (Å²) >= 11 is 2.36. The molecule has 1 unspecified atom stereocenters. The van der Waals surface area contributed by atoms with Crippen LogP contribution in [0.25, 0.3) is 0 Å². The molecule has 1 aliphatic rings. The molecule has 17 heavy (non-hydrogen) atoms. The van der Waals surface area contributed by atoms with E-state index in [9.17, 15) is 0 Å². The van der Waals surface area contributed by atoms with Crippen molar-refractivity contribution in [3.63, 3.8) is 0 Å². The van der Waals surface area contributed by atoms with E-state index in [4.69, 9.17) is 0 Å². The third-order valence-electron chi connectivity index (χ3n) is 3.05. The second-order valence-corrected chi connectivity index (χ2v) is 7.33. The van der Waals surface area contributed by atoms with Gasteiger partial charge in [-0.3, -0.25) is 0 Å². The highest BCUT2D eigenvalue weighted by atomic mass is 127. The summed E-state index contributed by atoms with van der Waals surface area (Å²) in [5.74, 6) is 0.695. The first kappa shape index (κ1) is 13.0. The first-order valence-electron chi connectivity index (χ1n) is 6.21. The van der Waals surface area contributed by atoms with Crippen LogP contribution >= 0.6 is 22.6 Å². The highest BCUT2D eigenvalue weighted by Gasteiger charge is 2.21. The van der Waals surface area contributed by atoms with Gasteiger partial charge in [0.15, 0.2) is 0 Å². The number of halogens is 1. The Morgan fingerprint density at radius 2 is 1.82 bits per heavy atom. The van der Waals surface area contributed by atoms with E-state index < -0.39 is 0 Å². The monoisotopic (exact) mass is 344 g/mol. The van der Waals surface area contributed by atoms with E-state index in [1.54, 1.807) is 0 Å². The number of hydrogen-bond acceptors (Lipinski definition) is 2. The molecule has 1 aromatic carbocycles. The first-order chi connectivity index (χ1) is 7.94. The molecule has 1 aliphatic heterocycles. The second-order valence-electron chi connectivity index (χ2n) is 6.08. The van der Waals surface area contributed by atoms with Crippen LogP contribution in [0.2, 0.25) is 0 Å². The summed E-state index contributed by atoms with van der Waals surface area (Å²) < 4.78 is 1.28. The van der Waals surface area contributed by atoms with Gasteiger partial charge in [0.1, 0.15) is 0 Å². The summed E-state index contributed by atoms with van der Waals surface area (Å²) in [7, 11) is 0. The molecule has 2 nitrogen and oxygen atoms in total. The van der Waals surface area contributed by atoms with Crippen LogP contribution in [0.15, 0.2) is 18.2 Å². The molecule has 0 saturated carbocycles. The minimum absolute atomic E-state index is 0.402. The van der Waals surface area contributed by atoms with Gasteiger partial charge in [0, 0.05) is 16.7 Å². The van der Waals surface area contributed by atoms with Gasteiger partial charge in [0.05, 0.1) is 11.4 Å². The van der Waals surface area contributed by atoms with Crippen LogP contribution in [0.4, 0.5) is 11.4 Å². The average Bonchev–Trinajstić information content (AvgIpc) is 2.39. The molecule has 94 valence electrons. The maximum Gasteiger partial charge on any atom is 0.0586 e. The molecular formula is C14H21IN2. The molecule has 2 N–H and O–H groups in total. The van der Waals surface area contributed by atoms with Gasteiger partial charge in [-0.1, -0.05) is 20.8 Å². The van der Waals surface area contributed by atoms with Crippen LogP contribution in [0, 0.1) is 14.9 Å². The van der Waals surface area contributed by atoms with Gasteiger partial charge >= 0.3 is 0 Å². The number of benzene rings is 1. The Hall–Kier alpha value is -0.450. The van der Waals surface area contributed by atoms with Crippen molar-refractivity contribution in [1.82, 2.24) is 0 Å². The lowest BCUT2D eigenvalue weighted by Crippen LogP contribution is -2.24. The third-order valence-corrected chi connectivity index (χ3v) is 3.72. The van der Waals surface area contributed by atoms with E-state index in [0.29, 0.717) is 11.3 Å². The molecule has 0 bridgehead atoms. The molecule has 0 aromatic heterocycles. The molecular weight excluding hydrogens is 323 g/mol. The van der Waals surface area contributed by atoms with Crippen LogP contribution in [0.1, 0.15) is 27.2 Å². The molecule has 1 aromatic rings. The van der Waals surface area contributed by atoms with E-state index in [0.717, 1.165) is 13.1 Å². The molecule has 1 heterocycles. The van der Waals surface area contributed by atoms with Crippen LogP contribution in [0.5, 0.6) is 0 Å². The summed E-state index contributed by atoms with van der Waals surface area (Å²) in [4.78, 5) is 0. The minimum Gasteiger partial charge on any atom is -0.383 e. The van der Waals surface area contributed by atoms with Gasteiger partial charge in [0.25, 0.3) is 0 Å². The maximum atomic E-state index is 3.57. The zero-order chi connectivity index (χ0) is 12.5. The second kappa shape index (κ2) is 5.04. The lowest BCUT2D eigenvalue weighted by molar-refractivity contribution is 0.310. The van der Waals surface area contributed by atoms with Crippen molar-refractivity contribution in [1.29, 1.82) is 0 Å². The smallest absolute Gasteiger partial charge is 0.0586 e. The summed E-state index contributed by atoms with van der Waals surface area (Å²) in [6, 6.07) is 6.53. The molecule has 1 atom stereocenters. The summed E-state index contributed by atoms with van der Waals surface area (Å²) in [6.45, 7) is 9.07. The Morgan fingerprint density at radius 3 is 2.47 bits per heavy atom. The molecule has 3 heteroatoms. The average molecular weight is 344 g/mol. The van der Waals surface area contributed by atoms with Crippen molar-refractivity contribution in [3.05, 3.63) is 21.8 Å². The largest absolute Gasteiger partial charge is 0.383 e. The Morgan fingerprint density at radius 1 is 1.18 bits per heavy atom. The number of hydrogen-bond donors (Lipinski definition) is 2. The normalized spacial score (nSPS) is 19.9. The van der Waals surface area contributed by atoms with E-state index in [-0.39, 0.29) is 0 Å². The van der Waals surface area contributed by atoms with Crippen LogP contribution in [-0.4, -0.2) is 13.1 Å². The summed E-state index contributed by atoms with van der Waals surface area (Å²) in [6.07, 6.45) is 1.25. The maximum absolute atomic E-state index is 3.57. The van der Waals surface area contributed by atoms with Gasteiger partial charge in [-0.25, -0.2) is 0 Å². The van der Waals surface area contributed by atoms with Crippen molar-refractivity contribution < 1.29 is 0 Å². The highest BCUT2D eigenvalue weighted by Crippen LogP contribution is 2.30. The number of fused-ring (bicyclic) bond motifs is 1. The van der Waals surface area contributed by atoms with E-state index in [1.807, 2.05) is 0 Å². The lowest BCUT2D eigenvalue weighted by Gasteiger charge is -2.25. The van der Waals surface area contributed by atoms with Gasteiger partial charge in [-0.15, -0.1) is 0 Å². The van der Waals surface area contributed by atoms with Crippen molar-refractivity contribution in [2.24, 2.45) is 11.3 Å². The van der Waals surface area contributed by atoms with Gasteiger partial charge in [-0.2, -0.15) is 0 Å². The zero-order valence-corrected chi connectivity index (χ0v) is 13.0. The van der Waals surface area contributed by atoms with Gasteiger partial charge in [-0.05, 0) is 58.5 Å². The Bertz CT molecular complexity index is 396. The fraction of sp³-hybridized carbons (Fsp3) is 0.571. The van der Waals surface area contributed by atoms with Crippen LogP contribution in [0.3, 0.4) is 0 Å². The Balaban J connectivity index is 2.06. The number of nitrogens with one attached hydrogen (secondary N) is 2. The molecule has 0 fully saturated rings. The molecule has 0 saturated heterocycles. The van der Waals surface area contributed by atoms with Crippen molar-refractivity contribution in [3.8, 4) is 0 Å². The summed E-state index contributed by atoms with van der Waals surface area (Å²) in [5.41, 5.74) is 2.88. The summed E-state index contributed by atoms with van der Waals surface area (Å²) in [5, 5.41) is 7.13. The van der Waals surface area contributed by atoms with Crippen LogP contribution in [-0.2, 0) is 0 Å².